The molecule has 112 valence electrons. The molecule has 2 rings (SSSR count). The molecule has 1 fully saturated rings. The number of amides is 1. The van der Waals surface area contributed by atoms with E-state index in [1.54, 1.807) is 0 Å². The van der Waals surface area contributed by atoms with Gasteiger partial charge in [-0.25, -0.2) is 0 Å². The fourth-order valence-corrected chi connectivity index (χ4v) is 1.97. The standard InChI is InChI=1S/C15H22N2O2.ClH/c1-11(2)10-19-13-6-3-5-12(9-13)17-14(18)15(16)7-4-8-15;/h3,5-6,9,11H,4,7-8,10,16H2,1-2H3,(H,17,18);1H. The molecule has 1 saturated carbocycles. The van der Waals surface area contributed by atoms with Gasteiger partial charge in [-0.3, -0.25) is 4.79 Å². The average Bonchev–Trinajstić information content (AvgIpc) is 2.34. The minimum atomic E-state index is -0.672. The smallest absolute Gasteiger partial charge is 0.244 e. The van der Waals surface area contributed by atoms with Crippen molar-refractivity contribution in [1.29, 1.82) is 0 Å². The minimum absolute atomic E-state index is 0. The van der Waals surface area contributed by atoms with Gasteiger partial charge in [0.05, 0.1) is 12.1 Å². The van der Waals surface area contributed by atoms with Crippen LogP contribution in [0.4, 0.5) is 5.69 Å². The molecule has 0 saturated heterocycles. The van der Waals surface area contributed by atoms with Gasteiger partial charge in [0, 0.05) is 11.8 Å². The van der Waals surface area contributed by atoms with Crippen LogP contribution in [0, 0.1) is 5.92 Å². The second-order valence-corrected chi connectivity index (χ2v) is 5.70. The van der Waals surface area contributed by atoms with E-state index in [1.165, 1.54) is 0 Å². The fourth-order valence-electron chi connectivity index (χ4n) is 1.97. The molecule has 3 N–H and O–H groups in total. The average molecular weight is 299 g/mol. The molecule has 0 bridgehead atoms. The lowest BCUT2D eigenvalue weighted by Crippen LogP contribution is -2.56. The molecule has 0 radical (unpaired) electrons. The van der Waals surface area contributed by atoms with Crippen LogP contribution in [0.2, 0.25) is 0 Å². The second kappa shape index (κ2) is 6.95. The van der Waals surface area contributed by atoms with Gasteiger partial charge in [-0.15, -0.1) is 12.4 Å². The van der Waals surface area contributed by atoms with Gasteiger partial charge in [0.25, 0.3) is 0 Å². The SMILES string of the molecule is CC(C)COc1cccc(NC(=O)C2(N)CCC2)c1.Cl. The first-order valence-corrected chi connectivity index (χ1v) is 6.83. The number of nitrogens with one attached hydrogen (secondary N) is 1. The zero-order valence-corrected chi connectivity index (χ0v) is 12.8. The summed E-state index contributed by atoms with van der Waals surface area (Å²) in [6.07, 6.45) is 2.56. The molecule has 0 unspecified atom stereocenters. The summed E-state index contributed by atoms with van der Waals surface area (Å²) in [7, 11) is 0. The summed E-state index contributed by atoms with van der Waals surface area (Å²) in [5.41, 5.74) is 6.05. The van der Waals surface area contributed by atoms with Crippen molar-refractivity contribution < 1.29 is 9.53 Å². The van der Waals surface area contributed by atoms with E-state index < -0.39 is 5.54 Å². The van der Waals surface area contributed by atoms with Crippen LogP contribution < -0.4 is 15.8 Å². The van der Waals surface area contributed by atoms with Crippen LogP contribution in [0.15, 0.2) is 24.3 Å². The maximum absolute atomic E-state index is 12.0. The molecule has 1 aromatic rings. The summed E-state index contributed by atoms with van der Waals surface area (Å²) in [5, 5.41) is 2.87. The topological polar surface area (TPSA) is 64.3 Å². The summed E-state index contributed by atoms with van der Waals surface area (Å²) < 4.78 is 5.63. The first-order chi connectivity index (χ1) is 8.99. The van der Waals surface area contributed by atoms with E-state index in [2.05, 4.69) is 19.2 Å². The molecule has 0 aliphatic heterocycles. The van der Waals surface area contributed by atoms with E-state index in [4.69, 9.17) is 10.5 Å². The first kappa shape index (κ1) is 16.8. The Hall–Kier alpha value is -1.26. The highest BCUT2D eigenvalue weighted by molar-refractivity contribution is 5.98. The highest BCUT2D eigenvalue weighted by atomic mass is 35.5. The Balaban J connectivity index is 0.00000200. The quantitative estimate of drug-likeness (QED) is 0.878. The molecule has 0 heterocycles. The summed E-state index contributed by atoms with van der Waals surface area (Å²) >= 11 is 0. The Morgan fingerprint density at radius 2 is 2.15 bits per heavy atom. The highest BCUT2D eigenvalue weighted by Crippen LogP contribution is 2.30. The van der Waals surface area contributed by atoms with Crippen molar-refractivity contribution in [2.24, 2.45) is 11.7 Å². The first-order valence-electron chi connectivity index (χ1n) is 6.83. The van der Waals surface area contributed by atoms with Gasteiger partial charge in [0.15, 0.2) is 0 Å². The molecular formula is C15H23ClN2O2. The van der Waals surface area contributed by atoms with Crippen molar-refractivity contribution in [2.75, 3.05) is 11.9 Å². The third-order valence-corrected chi connectivity index (χ3v) is 3.37. The number of anilines is 1. The molecule has 1 aromatic carbocycles. The van der Waals surface area contributed by atoms with Gasteiger partial charge < -0.3 is 15.8 Å². The van der Waals surface area contributed by atoms with Crippen LogP contribution in [0.5, 0.6) is 5.75 Å². The number of hydrogen-bond donors (Lipinski definition) is 2. The molecule has 0 atom stereocenters. The number of ether oxygens (including phenoxy) is 1. The fraction of sp³-hybridized carbons (Fsp3) is 0.533. The van der Waals surface area contributed by atoms with Crippen LogP contribution in [-0.2, 0) is 4.79 Å². The van der Waals surface area contributed by atoms with Gasteiger partial charge >= 0.3 is 0 Å². The molecule has 1 aliphatic rings. The predicted molar refractivity (Wildman–Crippen MR) is 83.4 cm³/mol. The van der Waals surface area contributed by atoms with E-state index in [9.17, 15) is 4.79 Å². The normalized spacial score (nSPS) is 16.0. The van der Waals surface area contributed by atoms with Crippen LogP contribution in [0.1, 0.15) is 33.1 Å². The Kier molecular flexibility index (Phi) is 5.84. The van der Waals surface area contributed by atoms with Gasteiger partial charge in [0.1, 0.15) is 5.75 Å². The van der Waals surface area contributed by atoms with E-state index >= 15 is 0 Å². The summed E-state index contributed by atoms with van der Waals surface area (Å²) in [6.45, 7) is 4.86. The number of carbonyl (C=O) groups excluding carboxylic acids is 1. The zero-order chi connectivity index (χ0) is 13.9. The lowest BCUT2D eigenvalue weighted by molar-refractivity contribution is -0.123. The summed E-state index contributed by atoms with van der Waals surface area (Å²) in [6, 6.07) is 7.44. The highest BCUT2D eigenvalue weighted by Gasteiger charge is 2.40. The van der Waals surface area contributed by atoms with Crippen molar-refractivity contribution in [2.45, 2.75) is 38.6 Å². The molecule has 0 aromatic heterocycles. The Bertz CT molecular complexity index is 459. The number of halogens is 1. The van der Waals surface area contributed by atoms with Crippen molar-refractivity contribution in [3.63, 3.8) is 0 Å². The van der Waals surface area contributed by atoms with E-state index in [0.717, 1.165) is 30.7 Å². The predicted octanol–water partition coefficient (Wildman–Crippen LogP) is 2.96. The molecule has 0 spiro atoms. The number of rotatable bonds is 5. The third-order valence-electron chi connectivity index (χ3n) is 3.37. The van der Waals surface area contributed by atoms with Crippen molar-refractivity contribution >= 4 is 24.0 Å². The molecule has 1 amide bonds. The molecule has 5 heteroatoms. The van der Waals surface area contributed by atoms with Gasteiger partial charge in [0.2, 0.25) is 5.91 Å². The van der Waals surface area contributed by atoms with Crippen LogP contribution in [-0.4, -0.2) is 18.1 Å². The Morgan fingerprint density at radius 1 is 1.45 bits per heavy atom. The monoisotopic (exact) mass is 298 g/mol. The van der Waals surface area contributed by atoms with Crippen LogP contribution in [0.3, 0.4) is 0 Å². The third kappa shape index (κ3) is 4.12. The van der Waals surface area contributed by atoms with Crippen LogP contribution >= 0.6 is 12.4 Å². The number of hydrogen-bond acceptors (Lipinski definition) is 3. The Morgan fingerprint density at radius 3 is 2.70 bits per heavy atom. The van der Waals surface area contributed by atoms with Crippen molar-refractivity contribution in [3.05, 3.63) is 24.3 Å². The Labute approximate surface area is 126 Å². The molecule has 20 heavy (non-hydrogen) atoms. The van der Waals surface area contributed by atoms with Gasteiger partial charge in [-0.1, -0.05) is 19.9 Å². The molecule has 1 aliphatic carbocycles. The van der Waals surface area contributed by atoms with Crippen molar-refractivity contribution in [1.82, 2.24) is 0 Å². The lowest BCUT2D eigenvalue weighted by Gasteiger charge is -2.36. The number of carbonyl (C=O) groups is 1. The minimum Gasteiger partial charge on any atom is -0.493 e. The number of benzene rings is 1. The van der Waals surface area contributed by atoms with E-state index in [0.29, 0.717) is 12.5 Å². The lowest BCUT2D eigenvalue weighted by atomic mass is 9.77. The summed E-state index contributed by atoms with van der Waals surface area (Å²) in [5.74, 6) is 1.14. The van der Waals surface area contributed by atoms with E-state index in [1.807, 2.05) is 24.3 Å². The maximum Gasteiger partial charge on any atom is 0.244 e. The maximum atomic E-state index is 12.0. The van der Waals surface area contributed by atoms with Crippen LogP contribution in [0.25, 0.3) is 0 Å². The number of nitrogens with two attached hydrogens (primary N) is 1. The zero-order valence-electron chi connectivity index (χ0n) is 12.0. The second-order valence-electron chi connectivity index (χ2n) is 5.70. The van der Waals surface area contributed by atoms with Gasteiger partial charge in [-0.05, 0) is 37.3 Å². The summed E-state index contributed by atoms with van der Waals surface area (Å²) in [4.78, 5) is 12.0. The van der Waals surface area contributed by atoms with E-state index in [-0.39, 0.29) is 18.3 Å². The largest absolute Gasteiger partial charge is 0.493 e. The van der Waals surface area contributed by atoms with Crippen molar-refractivity contribution in [3.8, 4) is 5.75 Å². The molecule has 4 nitrogen and oxygen atoms in total. The molecular weight excluding hydrogens is 276 g/mol. The van der Waals surface area contributed by atoms with Gasteiger partial charge in [-0.2, -0.15) is 0 Å².